The van der Waals surface area contributed by atoms with E-state index in [1.165, 1.54) is 5.56 Å². The molecule has 1 unspecified atom stereocenters. The molecular weight excluding hydrogens is 574 g/mol. The summed E-state index contributed by atoms with van der Waals surface area (Å²) in [5.41, 5.74) is 11.9. The SMILES string of the molecule is CC1[N-]C(=NC2=NC(=Nc3[n-]c(N=C4N=C(N)c5ccccc54)c4ccccc34)c3ccccc32)c2ccccc21.[Zn+2]. The minimum atomic E-state index is 0. The number of aliphatic imine (C=N–C) groups is 5. The number of hydrogen-bond donors (Lipinski definition) is 1. The van der Waals surface area contributed by atoms with Gasteiger partial charge in [0.25, 0.3) is 0 Å². The molecule has 0 saturated heterocycles. The zero-order chi connectivity index (χ0) is 27.5. The van der Waals surface area contributed by atoms with Gasteiger partial charge in [-0.15, -0.1) is 0 Å². The number of nitrogens with two attached hydrogens (primary N) is 1. The van der Waals surface area contributed by atoms with Crippen molar-refractivity contribution in [3.8, 4) is 0 Å². The molecule has 4 heterocycles. The summed E-state index contributed by atoms with van der Waals surface area (Å²) in [7, 11) is 0. The molecule has 0 aliphatic carbocycles. The van der Waals surface area contributed by atoms with Crippen LogP contribution >= 0.6 is 0 Å². The molecule has 0 bridgehead atoms. The Morgan fingerprint density at radius 1 is 0.619 bits per heavy atom. The number of benzene rings is 4. The molecule has 3 aliphatic rings. The minimum absolute atomic E-state index is 0. The van der Waals surface area contributed by atoms with Crippen molar-refractivity contribution in [3.63, 3.8) is 0 Å². The van der Waals surface area contributed by atoms with Crippen LogP contribution < -0.4 is 10.7 Å². The maximum absolute atomic E-state index is 6.16. The second-order valence-electron chi connectivity index (χ2n) is 10.0. The first-order valence-electron chi connectivity index (χ1n) is 13.4. The molecule has 0 amide bonds. The molecule has 8 nitrogen and oxygen atoms in total. The Morgan fingerprint density at radius 3 is 1.83 bits per heavy atom. The second kappa shape index (κ2) is 10.1. The topological polar surface area (TPSA) is 116 Å². The molecule has 0 fully saturated rings. The Kier molecular flexibility index (Phi) is 6.25. The van der Waals surface area contributed by atoms with Gasteiger partial charge in [0.15, 0.2) is 0 Å². The summed E-state index contributed by atoms with van der Waals surface area (Å²) >= 11 is 0. The largest absolute Gasteiger partial charge is 2.00 e. The summed E-state index contributed by atoms with van der Waals surface area (Å²) in [6.07, 6.45) is 0. The molecular formula is C33H22N8Zn. The van der Waals surface area contributed by atoms with Gasteiger partial charge in [-0.05, 0) is 27.9 Å². The minimum Gasteiger partial charge on any atom is -0.457 e. The maximum Gasteiger partial charge on any atom is 2.00 e. The first-order valence-corrected chi connectivity index (χ1v) is 13.4. The van der Waals surface area contributed by atoms with Crippen LogP contribution in [0.2, 0.25) is 0 Å². The average molecular weight is 596 g/mol. The van der Waals surface area contributed by atoms with Crippen molar-refractivity contribution in [1.29, 1.82) is 0 Å². The van der Waals surface area contributed by atoms with Crippen molar-refractivity contribution in [2.75, 3.05) is 0 Å². The van der Waals surface area contributed by atoms with Crippen LogP contribution in [0.4, 0.5) is 11.6 Å². The molecule has 8 rings (SSSR count). The van der Waals surface area contributed by atoms with Crippen LogP contribution in [0.1, 0.15) is 46.3 Å². The van der Waals surface area contributed by atoms with E-state index in [2.05, 4.69) is 24.0 Å². The molecule has 4 aromatic carbocycles. The first-order chi connectivity index (χ1) is 20.1. The fourth-order valence-electron chi connectivity index (χ4n) is 5.53. The molecule has 0 radical (unpaired) electrons. The summed E-state index contributed by atoms with van der Waals surface area (Å²) in [5.74, 6) is 3.89. The average Bonchev–Trinajstić information content (AvgIpc) is 3.73. The molecule has 1 aromatic heterocycles. The predicted molar refractivity (Wildman–Crippen MR) is 165 cm³/mol. The molecule has 9 heteroatoms. The fraction of sp³-hybridized carbons (Fsp3) is 0.0606. The van der Waals surface area contributed by atoms with Gasteiger partial charge in [0, 0.05) is 33.9 Å². The number of nitrogens with zero attached hydrogens (tertiary/aromatic N) is 7. The van der Waals surface area contributed by atoms with Gasteiger partial charge in [0.2, 0.25) is 0 Å². The molecule has 0 saturated carbocycles. The van der Waals surface area contributed by atoms with Crippen molar-refractivity contribution >= 4 is 51.6 Å². The number of rotatable bonds is 2. The molecule has 196 valence electrons. The van der Waals surface area contributed by atoms with Gasteiger partial charge in [-0.2, -0.15) is 0 Å². The van der Waals surface area contributed by atoms with Gasteiger partial charge in [-0.3, -0.25) is 0 Å². The monoisotopic (exact) mass is 594 g/mol. The third kappa shape index (κ3) is 4.13. The van der Waals surface area contributed by atoms with Gasteiger partial charge in [0.1, 0.15) is 5.84 Å². The number of fused-ring (bicyclic) bond motifs is 4. The van der Waals surface area contributed by atoms with Crippen molar-refractivity contribution in [1.82, 2.24) is 4.98 Å². The normalized spacial score (nSPS) is 19.4. The van der Waals surface area contributed by atoms with E-state index >= 15 is 0 Å². The number of hydrogen-bond acceptors (Lipinski definition) is 4. The van der Waals surface area contributed by atoms with Crippen LogP contribution in [0.15, 0.2) is 122 Å². The predicted octanol–water partition coefficient (Wildman–Crippen LogP) is 6.33. The quantitative estimate of drug-likeness (QED) is 0.240. The molecule has 2 N–H and O–H groups in total. The number of amidine groups is 5. The van der Waals surface area contributed by atoms with E-state index in [9.17, 15) is 0 Å². The Labute approximate surface area is 254 Å². The summed E-state index contributed by atoms with van der Waals surface area (Å²) in [6.45, 7) is 2.08. The zero-order valence-electron chi connectivity index (χ0n) is 22.7. The second-order valence-corrected chi connectivity index (χ2v) is 10.0. The van der Waals surface area contributed by atoms with E-state index in [4.69, 9.17) is 36.0 Å². The summed E-state index contributed by atoms with van der Waals surface area (Å²) in [6, 6.07) is 31.9. The van der Waals surface area contributed by atoms with E-state index < -0.39 is 0 Å². The van der Waals surface area contributed by atoms with E-state index in [1.54, 1.807) is 0 Å². The van der Waals surface area contributed by atoms with E-state index in [1.807, 2.05) is 84.9 Å². The molecule has 42 heavy (non-hydrogen) atoms. The van der Waals surface area contributed by atoms with Gasteiger partial charge < -0.3 is 31.0 Å². The molecule has 0 spiro atoms. The third-order valence-electron chi connectivity index (χ3n) is 7.51. The van der Waals surface area contributed by atoms with E-state index in [0.29, 0.717) is 40.8 Å². The summed E-state index contributed by atoms with van der Waals surface area (Å²) in [5, 5.41) is 6.56. The van der Waals surface area contributed by atoms with Crippen LogP contribution in [0.25, 0.3) is 16.1 Å². The van der Waals surface area contributed by atoms with Gasteiger partial charge in [0.05, 0.1) is 17.5 Å². The van der Waals surface area contributed by atoms with Crippen LogP contribution in [0.3, 0.4) is 0 Å². The molecule has 1 atom stereocenters. The standard InChI is InChI=1S/C33H22N8.Zn/c1-18-19-10-2-4-12-21(19)28(35-18)37-30-23-14-6-8-16-25(23)32(39-30)41-33-26-17-9-7-15-24(26)31(40-33)38-29-22-13-5-3-11-20(22)27(34)36-29;/h2-18H,1H3,(H2-,34,35,36,37,38,39,41);/q-2;+2. The van der Waals surface area contributed by atoms with Gasteiger partial charge in [-0.1, -0.05) is 110 Å². The van der Waals surface area contributed by atoms with Crippen molar-refractivity contribution in [2.24, 2.45) is 30.7 Å². The maximum atomic E-state index is 6.16. The van der Waals surface area contributed by atoms with E-state index in [0.717, 1.165) is 38.6 Å². The Bertz CT molecular complexity index is 2060. The van der Waals surface area contributed by atoms with Gasteiger partial charge >= 0.3 is 19.5 Å². The van der Waals surface area contributed by atoms with Crippen molar-refractivity contribution in [2.45, 2.75) is 13.0 Å². The third-order valence-corrected chi connectivity index (χ3v) is 7.51. The first kappa shape index (κ1) is 25.9. The van der Waals surface area contributed by atoms with Crippen LogP contribution in [-0.4, -0.2) is 29.2 Å². The van der Waals surface area contributed by atoms with E-state index in [-0.39, 0.29) is 25.5 Å². The van der Waals surface area contributed by atoms with Crippen molar-refractivity contribution in [3.05, 3.63) is 136 Å². The smallest absolute Gasteiger partial charge is 0.457 e. The Hall–Kier alpha value is -5.01. The number of aromatic nitrogens is 1. The van der Waals surface area contributed by atoms with Crippen molar-refractivity contribution < 1.29 is 19.5 Å². The zero-order valence-corrected chi connectivity index (χ0v) is 25.7. The van der Waals surface area contributed by atoms with Gasteiger partial charge in [-0.25, -0.2) is 9.98 Å². The summed E-state index contributed by atoms with van der Waals surface area (Å²) < 4.78 is 0. The Morgan fingerprint density at radius 2 is 1.14 bits per heavy atom. The Balaban J connectivity index is 0.00000288. The van der Waals surface area contributed by atoms with Crippen LogP contribution in [0, 0.1) is 0 Å². The van der Waals surface area contributed by atoms with Crippen LogP contribution in [0.5, 0.6) is 0 Å². The molecule has 5 aromatic rings. The summed E-state index contributed by atoms with van der Waals surface area (Å²) in [4.78, 5) is 28.9. The fourth-order valence-corrected chi connectivity index (χ4v) is 5.53. The van der Waals surface area contributed by atoms with Crippen LogP contribution in [-0.2, 0) is 19.5 Å². The molecule has 3 aliphatic heterocycles.